The first kappa shape index (κ1) is 30.8. The molecule has 2 aromatic carbocycles. The number of nitrogens with one attached hydrogen (secondary N) is 3. The number of amides is 4. The molecule has 0 aliphatic carbocycles. The van der Waals surface area contributed by atoms with Gasteiger partial charge in [0, 0.05) is 31.3 Å². The number of benzene rings is 2. The molecule has 0 spiro atoms. The Morgan fingerprint density at radius 1 is 1.00 bits per heavy atom. The highest BCUT2D eigenvalue weighted by molar-refractivity contribution is 5.94. The van der Waals surface area contributed by atoms with E-state index in [0.717, 1.165) is 11.1 Å². The molecule has 2 saturated heterocycles. The monoisotopic (exact) mass is 571 g/mol. The third-order valence-corrected chi connectivity index (χ3v) is 8.35. The van der Waals surface area contributed by atoms with Gasteiger partial charge in [-0.25, -0.2) is 0 Å². The van der Waals surface area contributed by atoms with Crippen molar-refractivity contribution in [2.45, 2.75) is 82.1 Å². The van der Waals surface area contributed by atoms with Crippen LogP contribution in [-0.4, -0.2) is 59.2 Å². The Kier molecular flexibility index (Phi) is 10.7. The molecule has 2 aliphatic heterocycles. The molecule has 222 valence electrons. The van der Waals surface area contributed by atoms with Crippen molar-refractivity contribution in [3.8, 4) is 12.3 Å². The van der Waals surface area contributed by atoms with E-state index in [1.807, 2.05) is 60.7 Å². The minimum atomic E-state index is -0.916. The first-order valence-corrected chi connectivity index (χ1v) is 14.8. The van der Waals surface area contributed by atoms with Crippen LogP contribution in [-0.2, 0) is 19.2 Å². The van der Waals surface area contributed by atoms with Gasteiger partial charge in [-0.05, 0) is 43.2 Å². The maximum absolute atomic E-state index is 14.2. The number of fused-ring (bicyclic) bond motifs is 1. The largest absolute Gasteiger partial charge is 0.356 e. The standard InChI is InChI=1S/C33H41N5O4/c1-3-5-16-28(39)35-21-24-17-18-25-19-20-27(38(25)33(42)30(24)37-31(40)26(34)4-2)32(41)36-29(22-12-8-6-9-13-22)23-14-10-7-11-15-23/h1,6-15,24-27,29-30H,4-5,16-21,34H2,2H3,(H,35,39)(H,36,41)(H,37,40)/t24-,25+,26+,27+,30+/m1/s1. The van der Waals surface area contributed by atoms with E-state index in [9.17, 15) is 19.2 Å². The number of rotatable bonds is 11. The molecule has 2 aliphatic rings. The molecule has 5 N–H and O–H groups in total. The van der Waals surface area contributed by atoms with E-state index in [0.29, 0.717) is 38.5 Å². The molecule has 42 heavy (non-hydrogen) atoms. The molecule has 2 aromatic rings. The van der Waals surface area contributed by atoms with Crippen LogP contribution in [0.15, 0.2) is 60.7 Å². The molecule has 9 heteroatoms. The van der Waals surface area contributed by atoms with Crippen molar-refractivity contribution < 1.29 is 19.2 Å². The van der Waals surface area contributed by atoms with Crippen molar-refractivity contribution in [2.75, 3.05) is 6.54 Å². The second kappa shape index (κ2) is 14.6. The van der Waals surface area contributed by atoms with Gasteiger partial charge in [0.2, 0.25) is 23.6 Å². The summed E-state index contributed by atoms with van der Waals surface area (Å²) in [4.78, 5) is 55.0. The van der Waals surface area contributed by atoms with E-state index in [1.54, 1.807) is 11.8 Å². The van der Waals surface area contributed by atoms with Crippen molar-refractivity contribution in [2.24, 2.45) is 11.7 Å². The molecule has 9 nitrogen and oxygen atoms in total. The molecule has 0 saturated carbocycles. The average Bonchev–Trinajstić information content (AvgIpc) is 3.40. The Balaban J connectivity index is 1.57. The topological polar surface area (TPSA) is 134 Å². The smallest absolute Gasteiger partial charge is 0.246 e. The summed E-state index contributed by atoms with van der Waals surface area (Å²) in [7, 11) is 0. The second-order valence-corrected chi connectivity index (χ2v) is 11.1. The van der Waals surface area contributed by atoms with Crippen LogP contribution in [0, 0.1) is 18.3 Å². The summed E-state index contributed by atoms with van der Waals surface area (Å²) in [5.41, 5.74) is 7.87. The summed E-state index contributed by atoms with van der Waals surface area (Å²) in [6.45, 7) is 2.01. The quantitative estimate of drug-likeness (QED) is 0.308. The van der Waals surface area contributed by atoms with E-state index in [4.69, 9.17) is 12.2 Å². The Labute approximate surface area is 248 Å². The van der Waals surface area contributed by atoms with E-state index in [-0.39, 0.29) is 48.7 Å². The van der Waals surface area contributed by atoms with Gasteiger partial charge in [-0.15, -0.1) is 12.3 Å². The molecule has 2 fully saturated rings. The van der Waals surface area contributed by atoms with Gasteiger partial charge < -0.3 is 26.6 Å². The van der Waals surface area contributed by atoms with E-state index < -0.39 is 24.0 Å². The second-order valence-electron chi connectivity index (χ2n) is 11.1. The molecular formula is C33H41N5O4. The Morgan fingerprint density at radius 2 is 1.62 bits per heavy atom. The van der Waals surface area contributed by atoms with Gasteiger partial charge in [0.15, 0.2) is 0 Å². The molecule has 0 aromatic heterocycles. The number of nitrogens with zero attached hydrogens (tertiary/aromatic N) is 1. The Morgan fingerprint density at radius 3 is 2.21 bits per heavy atom. The van der Waals surface area contributed by atoms with E-state index >= 15 is 0 Å². The van der Waals surface area contributed by atoms with E-state index in [2.05, 4.69) is 21.9 Å². The zero-order valence-electron chi connectivity index (χ0n) is 24.1. The van der Waals surface area contributed by atoms with Crippen LogP contribution in [0.25, 0.3) is 0 Å². The van der Waals surface area contributed by atoms with Gasteiger partial charge >= 0.3 is 0 Å². The molecule has 2 heterocycles. The van der Waals surface area contributed by atoms with Gasteiger partial charge in [0.05, 0.1) is 12.1 Å². The van der Waals surface area contributed by atoms with Crippen LogP contribution in [0.5, 0.6) is 0 Å². The van der Waals surface area contributed by atoms with Gasteiger partial charge in [-0.1, -0.05) is 67.6 Å². The van der Waals surface area contributed by atoms with Gasteiger partial charge in [0.25, 0.3) is 0 Å². The predicted molar refractivity (Wildman–Crippen MR) is 161 cm³/mol. The lowest BCUT2D eigenvalue weighted by Gasteiger charge is -2.33. The highest BCUT2D eigenvalue weighted by Gasteiger charge is 2.48. The van der Waals surface area contributed by atoms with Crippen molar-refractivity contribution in [3.63, 3.8) is 0 Å². The number of nitrogens with two attached hydrogens (primary N) is 1. The van der Waals surface area contributed by atoms with Crippen LogP contribution in [0.1, 0.15) is 69.0 Å². The molecule has 0 bridgehead atoms. The van der Waals surface area contributed by atoms with Crippen molar-refractivity contribution >= 4 is 23.6 Å². The first-order chi connectivity index (χ1) is 20.3. The summed E-state index contributed by atoms with van der Waals surface area (Å²) in [5, 5.41) is 8.95. The Bertz CT molecular complexity index is 1240. The van der Waals surface area contributed by atoms with Crippen LogP contribution < -0.4 is 21.7 Å². The van der Waals surface area contributed by atoms with Crippen LogP contribution >= 0.6 is 0 Å². The maximum Gasteiger partial charge on any atom is 0.246 e. The fraction of sp³-hybridized carbons (Fsp3) is 0.455. The fourth-order valence-corrected chi connectivity index (χ4v) is 5.95. The zero-order valence-corrected chi connectivity index (χ0v) is 24.1. The highest BCUT2D eigenvalue weighted by Crippen LogP contribution is 2.35. The number of terminal acetylenes is 1. The minimum Gasteiger partial charge on any atom is -0.356 e. The number of hydrogen-bond acceptors (Lipinski definition) is 5. The number of carbonyl (C=O) groups excluding carboxylic acids is 4. The lowest BCUT2D eigenvalue weighted by Crippen LogP contribution is -2.59. The summed E-state index contributed by atoms with van der Waals surface area (Å²) < 4.78 is 0. The summed E-state index contributed by atoms with van der Waals surface area (Å²) in [5.74, 6) is 0.924. The fourth-order valence-electron chi connectivity index (χ4n) is 5.95. The van der Waals surface area contributed by atoms with Crippen molar-refractivity contribution in [3.05, 3.63) is 71.8 Å². The number of carbonyl (C=O) groups is 4. The molecule has 0 unspecified atom stereocenters. The predicted octanol–water partition coefficient (Wildman–Crippen LogP) is 2.41. The normalized spacial score (nSPS) is 22.4. The van der Waals surface area contributed by atoms with Crippen molar-refractivity contribution in [1.29, 1.82) is 0 Å². The SMILES string of the molecule is C#CCCC(=O)NC[C@H]1CC[C@H]2CC[C@@H](C(=O)NC(c3ccccc3)c3ccccc3)N2C(=O)[C@H]1NC(=O)[C@@H](N)CC. The molecular weight excluding hydrogens is 530 g/mol. The summed E-state index contributed by atoms with van der Waals surface area (Å²) in [6.07, 6.45) is 8.68. The van der Waals surface area contributed by atoms with Gasteiger partial charge in [0.1, 0.15) is 12.1 Å². The van der Waals surface area contributed by atoms with Crippen LogP contribution in [0.2, 0.25) is 0 Å². The van der Waals surface area contributed by atoms with Crippen LogP contribution in [0.3, 0.4) is 0 Å². The third kappa shape index (κ3) is 7.37. The lowest BCUT2D eigenvalue weighted by molar-refractivity contribution is -0.143. The third-order valence-electron chi connectivity index (χ3n) is 8.35. The zero-order chi connectivity index (χ0) is 30.1. The molecule has 4 rings (SSSR count). The molecule has 5 atom stereocenters. The average molecular weight is 572 g/mol. The highest BCUT2D eigenvalue weighted by atomic mass is 16.2. The lowest BCUT2D eigenvalue weighted by atomic mass is 9.92. The first-order valence-electron chi connectivity index (χ1n) is 14.8. The summed E-state index contributed by atoms with van der Waals surface area (Å²) in [6, 6.07) is 16.6. The maximum atomic E-state index is 14.2. The van der Waals surface area contributed by atoms with Gasteiger partial charge in [-0.2, -0.15) is 0 Å². The van der Waals surface area contributed by atoms with Crippen molar-refractivity contribution in [1.82, 2.24) is 20.9 Å². The molecule has 4 amide bonds. The van der Waals surface area contributed by atoms with Crippen LogP contribution in [0.4, 0.5) is 0 Å². The number of hydrogen-bond donors (Lipinski definition) is 4. The molecule has 0 radical (unpaired) electrons. The van der Waals surface area contributed by atoms with E-state index in [1.165, 1.54) is 0 Å². The summed E-state index contributed by atoms with van der Waals surface area (Å²) >= 11 is 0. The minimum absolute atomic E-state index is 0.137. The van der Waals surface area contributed by atoms with Gasteiger partial charge in [-0.3, -0.25) is 19.2 Å². The Hall–Kier alpha value is -4.16.